The summed E-state index contributed by atoms with van der Waals surface area (Å²) in [5.74, 6) is 0. The first-order valence-corrected chi connectivity index (χ1v) is 18.2. The minimum atomic E-state index is 0.956. The number of hydrogen-bond acceptors (Lipinski definition) is 2. The average Bonchev–Trinajstić information content (AvgIpc) is 2.93. The van der Waals surface area contributed by atoms with Gasteiger partial charge in [-0.15, -0.1) is 0 Å². The van der Waals surface area contributed by atoms with Crippen LogP contribution in [-0.2, 0) is 0 Å². The smallest absolute Gasteiger partial charge is 0.0598 e. The second-order valence-electron chi connectivity index (χ2n) is 12.3. The second kappa shape index (κ2) is 36.6. The van der Waals surface area contributed by atoms with Gasteiger partial charge in [0.2, 0.25) is 0 Å². The fourth-order valence-corrected chi connectivity index (χ4v) is 5.60. The lowest BCUT2D eigenvalue weighted by Gasteiger charge is -2.03. The Bertz CT molecular complexity index is 382. The molecule has 0 saturated heterocycles. The summed E-state index contributed by atoms with van der Waals surface area (Å²) in [7, 11) is 0. The molecular weight excluding hydrogens is 460 g/mol. The molecule has 228 valence electrons. The van der Waals surface area contributed by atoms with E-state index in [0.29, 0.717) is 0 Å². The standard InChI is InChI=1S/C36H74N2/c1-3-5-7-9-11-13-15-17-19-21-23-25-27-29-31-33-35-37-38-36-34-32-30-28-26-24-22-20-18-16-14-12-10-8-6-4-2/h3-36H2,1-2H3. The Morgan fingerprint density at radius 3 is 0.553 bits per heavy atom. The Labute approximate surface area is 242 Å². The van der Waals surface area contributed by atoms with Crippen LogP contribution < -0.4 is 0 Å². The molecule has 0 aromatic rings. The van der Waals surface area contributed by atoms with Gasteiger partial charge >= 0.3 is 0 Å². The molecular formula is C36H74N2. The predicted octanol–water partition coefficient (Wildman–Crippen LogP) is 14.0. The highest BCUT2D eigenvalue weighted by Crippen LogP contribution is 2.15. The number of hydrogen-bond donors (Lipinski definition) is 0. The van der Waals surface area contributed by atoms with Crippen LogP contribution in [0, 0.1) is 0 Å². The molecule has 38 heavy (non-hydrogen) atoms. The zero-order valence-electron chi connectivity index (χ0n) is 26.9. The fraction of sp³-hybridized carbons (Fsp3) is 1.00. The molecule has 0 atom stereocenters. The zero-order chi connectivity index (χ0) is 27.5. The van der Waals surface area contributed by atoms with Gasteiger partial charge in [0, 0.05) is 0 Å². The molecule has 0 unspecified atom stereocenters. The van der Waals surface area contributed by atoms with Crippen LogP contribution in [0.2, 0.25) is 0 Å². The van der Waals surface area contributed by atoms with E-state index in [2.05, 4.69) is 24.1 Å². The SMILES string of the molecule is CCCCCCCCCCCCCCCCCCN=NCCCCCCCCCCCCCCCCCC. The molecule has 2 nitrogen and oxygen atoms in total. The maximum absolute atomic E-state index is 4.41. The van der Waals surface area contributed by atoms with Crippen molar-refractivity contribution in [1.82, 2.24) is 0 Å². The van der Waals surface area contributed by atoms with E-state index in [-0.39, 0.29) is 0 Å². The summed E-state index contributed by atoms with van der Waals surface area (Å²) in [6, 6.07) is 0. The van der Waals surface area contributed by atoms with Crippen LogP contribution in [0.5, 0.6) is 0 Å². The van der Waals surface area contributed by atoms with Crippen molar-refractivity contribution in [1.29, 1.82) is 0 Å². The van der Waals surface area contributed by atoms with Crippen LogP contribution in [0.1, 0.15) is 219 Å². The van der Waals surface area contributed by atoms with E-state index in [1.54, 1.807) is 0 Å². The average molecular weight is 535 g/mol. The Hall–Kier alpha value is -0.400. The number of azo groups is 1. The molecule has 0 aliphatic carbocycles. The van der Waals surface area contributed by atoms with Crippen molar-refractivity contribution >= 4 is 0 Å². The van der Waals surface area contributed by atoms with Gasteiger partial charge in [-0.3, -0.25) is 0 Å². The maximum atomic E-state index is 4.41. The van der Waals surface area contributed by atoms with E-state index in [9.17, 15) is 0 Å². The molecule has 0 N–H and O–H groups in total. The first kappa shape index (κ1) is 37.6. The number of nitrogens with zero attached hydrogens (tertiary/aromatic N) is 2. The minimum absolute atomic E-state index is 0.956. The molecule has 0 bridgehead atoms. The van der Waals surface area contributed by atoms with Gasteiger partial charge in [-0.1, -0.05) is 206 Å². The van der Waals surface area contributed by atoms with Gasteiger partial charge in [-0.2, -0.15) is 10.2 Å². The first-order valence-electron chi connectivity index (χ1n) is 18.2. The van der Waals surface area contributed by atoms with E-state index in [0.717, 1.165) is 13.1 Å². The molecule has 0 heterocycles. The van der Waals surface area contributed by atoms with E-state index < -0.39 is 0 Å². The van der Waals surface area contributed by atoms with Crippen LogP contribution >= 0.6 is 0 Å². The summed E-state index contributed by atoms with van der Waals surface area (Å²) in [5, 5.41) is 8.81. The summed E-state index contributed by atoms with van der Waals surface area (Å²) in [5.41, 5.74) is 0. The van der Waals surface area contributed by atoms with Crippen LogP contribution in [0.4, 0.5) is 0 Å². The lowest BCUT2D eigenvalue weighted by molar-refractivity contribution is 0.528. The van der Waals surface area contributed by atoms with E-state index in [1.807, 2.05) is 0 Å². The molecule has 0 saturated carbocycles. The molecule has 0 fully saturated rings. The third kappa shape index (κ3) is 35.6. The van der Waals surface area contributed by atoms with Gasteiger partial charge in [0.1, 0.15) is 0 Å². The quantitative estimate of drug-likeness (QED) is 0.0579. The third-order valence-corrected chi connectivity index (χ3v) is 8.32. The van der Waals surface area contributed by atoms with Gasteiger partial charge in [0.15, 0.2) is 0 Å². The van der Waals surface area contributed by atoms with Crippen molar-refractivity contribution in [2.45, 2.75) is 219 Å². The van der Waals surface area contributed by atoms with Gasteiger partial charge in [-0.25, -0.2) is 0 Å². The molecule has 0 aliphatic heterocycles. The third-order valence-electron chi connectivity index (χ3n) is 8.32. The minimum Gasteiger partial charge on any atom is -0.194 e. The Balaban J connectivity index is 3.07. The van der Waals surface area contributed by atoms with Gasteiger partial charge in [0.25, 0.3) is 0 Å². The summed E-state index contributed by atoms with van der Waals surface area (Å²) in [4.78, 5) is 0. The Morgan fingerprint density at radius 1 is 0.211 bits per heavy atom. The van der Waals surface area contributed by atoms with E-state index >= 15 is 0 Å². The van der Waals surface area contributed by atoms with Gasteiger partial charge < -0.3 is 0 Å². The van der Waals surface area contributed by atoms with Crippen molar-refractivity contribution in [3.05, 3.63) is 0 Å². The van der Waals surface area contributed by atoms with Gasteiger partial charge in [0.05, 0.1) is 13.1 Å². The fourth-order valence-electron chi connectivity index (χ4n) is 5.60. The zero-order valence-corrected chi connectivity index (χ0v) is 26.9. The Kier molecular flexibility index (Phi) is 36.2. The normalized spacial score (nSPS) is 11.7. The highest BCUT2D eigenvalue weighted by Gasteiger charge is 1.96. The van der Waals surface area contributed by atoms with Crippen molar-refractivity contribution in [2.75, 3.05) is 13.1 Å². The molecule has 0 spiro atoms. The highest BCUT2D eigenvalue weighted by molar-refractivity contribution is 4.52. The molecule has 0 aromatic heterocycles. The number of unbranched alkanes of at least 4 members (excludes halogenated alkanes) is 30. The van der Waals surface area contributed by atoms with Crippen LogP contribution in [0.25, 0.3) is 0 Å². The van der Waals surface area contributed by atoms with Crippen molar-refractivity contribution in [3.63, 3.8) is 0 Å². The summed E-state index contributed by atoms with van der Waals surface area (Å²) in [6.45, 7) is 6.51. The van der Waals surface area contributed by atoms with E-state index in [1.165, 1.54) is 205 Å². The molecule has 0 rings (SSSR count). The molecule has 2 heteroatoms. The summed E-state index contributed by atoms with van der Waals surface area (Å²) >= 11 is 0. The lowest BCUT2D eigenvalue weighted by atomic mass is 10.0. The van der Waals surface area contributed by atoms with Crippen molar-refractivity contribution in [2.24, 2.45) is 10.2 Å². The van der Waals surface area contributed by atoms with Crippen molar-refractivity contribution in [3.8, 4) is 0 Å². The molecule has 0 aliphatic rings. The topological polar surface area (TPSA) is 24.7 Å². The number of rotatable bonds is 34. The maximum Gasteiger partial charge on any atom is 0.0598 e. The van der Waals surface area contributed by atoms with Crippen LogP contribution in [0.15, 0.2) is 10.2 Å². The monoisotopic (exact) mass is 535 g/mol. The summed E-state index contributed by atoms with van der Waals surface area (Å²) in [6.07, 6.45) is 45.7. The molecule has 0 amide bonds. The van der Waals surface area contributed by atoms with Crippen LogP contribution in [-0.4, -0.2) is 13.1 Å². The highest BCUT2D eigenvalue weighted by atomic mass is 15.1. The molecule has 0 aromatic carbocycles. The predicted molar refractivity (Wildman–Crippen MR) is 174 cm³/mol. The van der Waals surface area contributed by atoms with E-state index in [4.69, 9.17) is 0 Å². The first-order chi connectivity index (χ1) is 18.9. The van der Waals surface area contributed by atoms with Crippen molar-refractivity contribution < 1.29 is 0 Å². The molecule has 0 radical (unpaired) electrons. The largest absolute Gasteiger partial charge is 0.194 e. The second-order valence-corrected chi connectivity index (χ2v) is 12.3. The Morgan fingerprint density at radius 2 is 0.368 bits per heavy atom. The summed E-state index contributed by atoms with van der Waals surface area (Å²) < 4.78 is 0. The van der Waals surface area contributed by atoms with Crippen LogP contribution in [0.3, 0.4) is 0 Å². The van der Waals surface area contributed by atoms with Gasteiger partial charge in [-0.05, 0) is 12.8 Å². The lowest BCUT2D eigenvalue weighted by Crippen LogP contribution is -1.86.